The average Bonchev–Trinajstić information content (AvgIpc) is 2.70. The lowest BCUT2D eigenvalue weighted by molar-refractivity contribution is 0.632. The molecule has 5 heteroatoms. The van der Waals surface area contributed by atoms with E-state index < -0.39 is 5.82 Å². The van der Waals surface area contributed by atoms with Crippen LogP contribution in [0.15, 0.2) is 36.4 Å². The fraction of sp³-hybridized carbons (Fsp3) is 0.0714. The predicted molar refractivity (Wildman–Crippen MR) is 75.5 cm³/mol. The summed E-state index contributed by atoms with van der Waals surface area (Å²) in [6.45, 7) is 0. The largest absolute Gasteiger partial charge is 0.396 e. The minimum Gasteiger partial charge on any atom is -0.396 e. The third kappa shape index (κ3) is 1.85. The van der Waals surface area contributed by atoms with Gasteiger partial charge in [0.15, 0.2) is 0 Å². The molecule has 3 aromatic rings. The van der Waals surface area contributed by atoms with Gasteiger partial charge in [-0.15, -0.1) is 0 Å². The van der Waals surface area contributed by atoms with Gasteiger partial charge >= 0.3 is 0 Å². The van der Waals surface area contributed by atoms with E-state index in [-0.39, 0.29) is 5.69 Å². The molecule has 0 bridgehead atoms. The lowest BCUT2D eigenvalue weighted by atomic mass is 10.1. The van der Waals surface area contributed by atoms with Crippen LogP contribution in [0.25, 0.3) is 22.4 Å². The normalized spacial score (nSPS) is 11.1. The molecule has 19 heavy (non-hydrogen) atoms. The van der Waals surface area contributed by atoms with E-state index in [0.717, 1.165) is 11.0 Å². The van der Waals surface area contributed by atoms with Crippen LogP contribution in [-0.4, -0.2) is 9.55 Å². The monoisotopic (exact) mass is 275 g/mol. The van der Waals surface area contributed by atoms with E-state index in [1.54, 1.807) is 18.2 Å². The van der Waals surface area contributed by atoms with Gasteiger partial charge in [0, 0.05) is 17.6 Å². The Morgan fingerprint density at radius 2 is 2.05 bits per heavy atom. The molecule has 0 saturated heterocycles. The fourth-order valence-electron chi connectivity index (χ4n) is 2.14. The molecule has 0 aliphatic heterocycles. The van der Waals surface area contributed by atoms with E-state index >= 15 is 0 Å². The van der Waals surface area contributed by atoms with Crippen molar-refractivity contribution in [1.82, 2.24) is 9.55 Å². The van der Waals surface area contributed by atoms with E-state index in [1.807, 2.05) is 23.7 Å². The number of aryl methyl sites for hydroxylation is 1. The van der Waals surface area contributed by atoms with E-state index in [4.69, 9.17) is 17.3 Å². The minimum atomic E-state index is -0.442. The lowest BCUT2D eigenvalue weighted by Gasteiger charge is -2.06. The summed E-state index contributed by atoms with van der Waals surface area (Å²) in [6.07, 6.45) is 0. The van der Waals surface area contributed by atoms with Gasteiger partial charge < -0.3 is 10.3 Å². The third-order valence-corrected chi connectivity index (χ3v) is 3.37. The van der Waals surface area contributed by atoms with E-state index in [9.17, 15) is 4.39 Å². The maximum atomic E-state index is 13.5. The molecule has 0 radical (unpaired) electrons. The summed E-state index contributed by atoms with van der Waals surface area (Å²) in [5.41, 5.74) is 8.14. The third-order valence-electron chi connectivity index (χ3n) is 3.14. The number of benzene rings is 2. The number of fused-ring (bicyclic) bond motifs is 1. The first-order valence-corrected chi connectivity index (χ1v) is 6.12. The van der Waals surface area contributed by atoms with Crippen molar-refractivity contribution in [3.8, 4) is 11.4 Å². The smallest absolute Gasteiger partial charge is 0.146 e. The molecule has 0 aliphatic carbocycles. The molecular weight excluding hydrogens is 265 g/mol. The number of imidazole rings is 1. The van der Waals surface area contributed by atoms with Crippen molar-refractivity contribution >= 4 is 28.3 Å². The second-order valence-electron chi connectivity index (χ2n) is 4.33. The van der Waals surface area contributed by atoms with Crippen LogP contribution in [0.2, 0.25) is 5.02 Å². The van der Waals surface area contributed by atoms with Crippen LogP contribution in [0.4, 0.5) is 10.1 Å². The molecule has 2 aromatic carbocycles. The molecule has 3 nitrogen and oxygen atoms in total. The number of rotatable bonds is 1. The maximum absolute atomic E-state index is 13.5. The highest BCUT2D eigenvalue weighted by molar-refractivity contribution is 6.31. The number of para-hydroxylation sites is 1. The summed E-state index contributed by atoms with van der Waals surface area (Å²) in [4.78, 5) is 4.48. The van der Waals surface area contributed by atoms with E-state index in [1.165, 1.54) is 6.07 Å². The molecule has 3 rings (SSSR count). The highest BCUT2D eigenvalue weighted by atomic mass is 35.5. The zero-order chi connectivity index (χ0) is 13.6. The van der Waals surface area contributed by atoms with Crippen LogP contribution >= 0.6 is 11.6 Å². The van der Waals surface area contributed by atoms with Crippen LogP contribution in [-0.2, 0) is 7.05 Å². The van der Waals surface area contributed by atoms with Crippen LogP contribution in [0.5, 0.6) is 0 Å². The Labute approximate surface area is 114 Å². The van der Waals surface area contributed by atoms with Crippen molar-refractivity contribution < 1.29 is 4.39 Å². The second kappa shape index (κ2) is 4.24. The summed E-state index contributed by atoms with van der Waals surface area (Å²) in [6, 6.07) is 10.1. The molecule has 0 saturated carbocycles. The van der Waals surface area contributed by atoms with Crippen molar-refractivity contribution in [3.63, 3.8) is 0 Å². The van der Waals surface area contributed by atoms with Crippen LogP contribution in [0.1, 0.15) is 0 Å². The maximum Gasteiger partial charge on any atom is 0.146 e. The Bertz CT molecular complexity index is 780. The summed E-state index contributed by atoms with van der Waals surface area (Å²) < 4.78 is 15.4. The van der Waals surface area contributed by atoms with Crippen LogP contribution < -0.4 is 5.73 Å². The summed E-state index contributed by atoms with van der Waals surface area (Å²) >= 11 is 5.98. The number of nitrogens with two attached hydrogens (primary N) is 1. The number of nitrogen functional groups attached to an aromatic ring is 1. The van der Waals surface area contributed by atoms with Crippen molar-refractivity contribution in [1.29, 1.82) is 0 Å². The minimum absolute atomic E-state index is 0.104. The summed E-state index contributed by atoms with van der Waals surface area (Å²) in [7, 11) is 1.85. The molecule has 0 fully saturated rings. The molecular formula is C14H11ClFN3. The quantitative estimate of drug-likeness (QED) is 0.690. The van der Waals surface area contributed by atoms with Gasteiger partial charge in [-0.3, -0.25) is 0 Å². The Balaban J connectivity index is 2.31. The SMILES string of the molecule is Cn1c(-c2cccc(F)c2N)nc2ccc(Cl)cc21. The van der Waals surface area contributed by atoms with Gasteiger partial charge in [-0.05, 0) is 30.3 Å². The number of hydrogen-bond donors (Lipinski definition) is 1. The Hall–Kier alpha value is -2.07. The number of aromatic nitrogens is 2. The highest BCUT2D eigenvalue weighted by Crippen LogP contribution is 2.30. The van der Waals surface area contributed by atoms with E-state index in [2.05, 4.69) is 4.98 Å². The van der Waals surface area contributed by atoms with Crippen LogP contribution in [0.3, 0.4) is 0 Å². The molecule has 1 heterocycles. The molecule has 2 N–H and O–H groups in total. The molecule has 1 aromatic heterocycles. The van der Waals surface area contributed by atoms with Gasteiger partial charge in [0.25, 0.3) is 0 Å². The molecule has 0 atom stereocenters. The molecule has 0 unspecified atom stereocenters. The summed E-state index contributed by atoms with van der Waals surface area (Å²) in [5, 5.41) is 0.634. The Kier molecular flexibility index (Phi) is 2.68. The first-order valence-electron chi connectivity index (χ1n) is 5.74. The number of halogens is 2. The first-order chi connectivity index (χ1) is 9.08. The van der Waals surface area contributed by atoms with Gasteiger partial charge in [0.05, 0.1) is 16.7 Å². The van der Waals surface area contributed by atoms with Crippen LogP contribution in [0, 0.1) is 5.82 Å². The van der Waals surface area contributed by atoms with Crippen molar-refractivity contribution in [3.05, 3.63) is 47.2 Å². The zero-order valence-electron chi connectivity index (χ0n) is 10.2. The first kappa shape index (κ1) is 12.0. The summed E-state index contributed by atoms with van der Waals surface area (Å²) in [5.74, 6) is 0.178. The van der Waals surface area contributed by atoms with Gasteiger partial charge in [-0.2, -0.15) is 0 Å². The predicted octanol–water partition coefficient (Wildman–Crippen LogP) is 3.62. The highest BCUT2D eigenvalue weighted by Gasteiger charge is 2.14. The van der Waals surface area contributed by atoms with Gasteiger partial charge in [0.1, 0.15) is 11.6 Å². The fourth-order valence-corrected chi connectivity index (χ4v) is 2.30. The van der Waals surface area contributed by atoms with Gasteiger partial charge in [0.2, 0.25) is 0 Å². The van der Waals surface area contributed by atoms with E-state index in [0.29, 0.717) is 16.4 Å². The van der Waals surface area contributed by atoms with Crippen molar-refractivity contribution in [2.24, 2.45) is 7.05 Å². The van der Waals surface area contributed by atoms with Gasteiger partial charge in [-0.1, -0.05) is 17.7 Å². The topological polar surface area (TPSA) is 43.8 Å². The van der Waals surface area contributed by atoms with Crippen molar-refractivity contribution in [2.75, 3.05) is 5.73 Å². The number of anilines is 1. The number of hydrogen-bond acceptors (Lipinski definition) is 2. The molecule has 0 spiro atoms. The number of nitrogens with zero attached hydrogens (tertiary/aromatic N) is 2. The second-order valence-corrected chi connectivity index (χ2v) is 4.76. The standard InChI is InChI=1S/C14H11ClFN3/c1-19-12-7-8(15)5-6-11(12)18-14(19)9-3-2-4-10(16)13(9)17/h2-7H,17H2,1H3. The Morgan fingerprint density at radius 1 is 1.26 bits per heavy atom. The average molecular weight is 276 g/mol. The van der Waals surface area contributed by atoms with Crippen molar-refractivity contribution in [2.45, 2.75) is 0 Å². The Morgan fingerprint density at radius 3 is 2.84 bits per heavy atom. The zero-order valence-corrected chi connectivity index (χ0v) is 10.9. The lowest BCUT2D eigenvalue weighted by Crippen LogP contribution is -1.99. The molecule has 0 aliphatic rings. The molecule has 96 valence electrons. The molecule has 0 amide bonds. The van der Waals surface area contributed by atoms with Gasteiger partial charge in [-0.25, -0.2) is 9.37 Å².